The van der Waals surface area contributed by atoms with Crippen molar-refractivity contribution >= 4 is 20.2 Å². The van der Waals surface area contributed by atoms with Gasteiger partial charge in [-0.05, 0) is 62.7 Å². The van der Waals surface area contributed by atoms with Crippen LogP contribution in [0.2, 0.25) is 19.1 Å². The second kappa shape index (κ2) is 8.07. The third-order valence-corrected chi connectivity index (χ3v) is 9.26. The molecule has 31 heavy (non-hydrogen) atoms. The van der Waals surface area contributed by atoms with Crippen molar-refractivity contribution in [2.24, 2.45) is 5.92 Å². The summed E-state index contributed by atoms with van der Waals surface area (Å²) in [5.74, 6) is -0.774. The number of rotatable bonds is 6. The molecule has 3 rings (SSSR count). The molecule has 0 aliphatic carbocycles. The van der Waals surface area contributed by atoms with Gasteiger partial charge in [-0.2, -0.15) is 0 Å². The summed E-state index contributed by atoms with van der Waals surface area (Å²) < 4.78 is 17.1. The van der Waals surface area contributed by atoms with Crippen molar-refractivity contribution in [1.82, 2.24) is 4.90 Å². The van der Waals surface area contributed by atoms with E-state index in [-0.39, 0.29) is 12.5 Å². The Bertz CT molecular complexity index is 885. The number of nitrogens with zero attached hydrogens (tertiary/aromatic N) is 1. The number of carbonyl (C=O) groups is 2. The van der Waals surface area contributed by atoms with E-state index in [0.29, 0.717) is 17.7 Å². The van der Waals surface area contributed by atoms with Gasteiger partial charge in [0.1, 0.15) is 17.5 Å². The van der Waals surface area contributed by atoms with Crippen LogP contribution in [0.25, 0.3) is 0 Å². The average molecular weight is 448 g/mol. The first-order chi connectivity index (χ1) is 14.4. The molecule has 170 valence electrons. The van der Waals surface area contributed by atoms with Crippen LogP contribution in [0.1, 0.15) is 25.8 Å². The highest BCUT2D eigenvalue weighted by molar-refractivity contribution is 6.71. The van der Waals surface area contributed by atoms with Gasteiger partial charge < -0.3 is 23.9 Å². The summed E-state index contributed by atoms with van der Waals surface area (Å²) in [5, 5.41) is 11.4. The molecule has 2 saturated heterocycles. The van der Waals surface area contributed by atoms with Crippen LogP contribution >= 0.6 is 0 Å². The number of esters is 1. The Morgan fingerprint density at radius 1 is 1.35 bits per heavy atom. The van der Waals surface area contributed by atoms with Crippen LogP contribution in [-0.2, 0) is 25.3 Å². The fourth-order valence-corrected chi connectivity index (χ4v) is 7.80. The van der Waals surface area contributed by atoms with Gasteiger partial charge in [0, 0.05) is 6.54 Å². The third-order valence-electron chi connectivity index (χ3n) is 6.79. The highest BCUT2D eigenvalue weighted by Gasteiger charge is 2.76. The average Bonchev–Trinajstić information content (AvgIpc) is 2.89. The van der Waals surface area contributed by atoms with Crippen molar-refractivity contribution in [3.8, 4) is 5.75 Å². The van der Waals surface area contributed by atoms with Crippen molar-refractivity contribution in [1.29, 1.82) is 0 Å². The van der Waals surface area contributed by atoms with E-state index >= 15 is 0 Å². The minimum Gasteiger partial charge on any atom is -0.497 e. The summed E-state index contributed by atoms with van der Waals surface area (Å²) >= 11 is 0. The van der Waals surface area contributed by atoms with E-state index in [1.807, 2.05) is 12.1 Å². The second-order valence-corrected chi connectivity index (χ2v) is 13.6. The lowest BCUT2D eigenvalue weighted by Crippen LogP contribution is -2.73. The highest BCUT2D eigenvalue weighted by Crippen LogP contribution is 2.55. The van der Waals surface area contributed by atoms with Crippen LogP contribution in [0.5, 0.6) is 5.75 Å². The molecule has 2 aliphatic rings. The number of likely N-dealkylation sites (tertiary alicyclic amines) is 1. The van der Waals surface area contributed by atoms with Gasteiger partial charge in [-0.25, -0.2) is 4.79 Å². The summed E-state index contributed by atoms with van der Waals surface area (Å²) in [4.78, 5) is 28.7. The number of ether oxygens (including phenoxy) is 2. The molecule has 0 unspecified atom stereocenters. The third kappa shape index (κ3) is 3.50. The molecular formula is C23H33NO6Si. The van der Waals surface area contributed by atoms with E-state index < -0.39 is 37.4 Å². The van der Waals surface area contributed by atoms with E-state index in [9.17, 15) is 14.7 Å². The van der Waals surface area contributed by atoms with Crippen molar-refractivity contribution in [3.05, 3.63) is 42.0 Å². The Kier molecular flexibility index (Phi) is 6.12. The molecule has 0 radical (unpaired) electrons. The van der Waals surface area contributed by atoms with Gasteiger partial charge in [-0.15, -0.1) is 0 Å². The van der Waals surface area contributed by atoms with Gasteiger partial charge in [0.25, 0.3) is 0 Å². The quantitative estimate of drug-likeness (QED) is 0.410. The summed E-state index contributed by atoms with van der Waals surface area (Å²) in [7, 11) is 0.669. The molecule has 0 spiro atoms. The maximum Gasteiger partial charge on any atom is 0.337 e. The topological polar surface area (TPSA) is 85.3 Å². The van der Waals surface area contributed by atoms with Crippen molar-refractivity contribution < 1.29 is 28.6 Å². The van der Waals surface area contributed by atoms with Crippen molar-refractivity contribution in [2.75, 3.05) is 14.2 Å². The van der Waals surface area contributed by atoms with E-state index in [0.717, 1.165) is 11.6 Å². The Hall–Kier alpha value is -2.16. The zero-order valence-electron chi connectivity index (χ0n) is 19.2. The van der Waals surface area contributed by atoms with Gasteiger partial charge >= 0.3 is 5.97 Å². The summed E-state index contributed by atoms with van der Waals surface area (Å²) in [6.07, 6.45) is -0.741. The summed E-state index contributed by atoms with van der Waals surface area (Å²) in [6, 6.07) is 8.07. The van der Waals surface area contributed by atoms with Crippen LogP contribution in [-0.4, -0.2) is 61.7 Å². The molecule has 2 heterocycles. The Morgan fingerprint density at radius 3 is 2.48 bits per heavy atom. The second-order valence-electron chi connectivity index (χ2n) is 9.34. The van der Waals surface area contributed by atoms with Gasteiger partial charge in [0.05, 0.1) is 20.1 Å². The van der Waals surface area contributed by atoms with Gasteiger partial charge in [0.2, 0.25) is 5.91 Å². The number of carbonyl (C=O) groups excluding carboxylic acids is 2. The molecule has 1 aromatic rings. The van der Waals surface area contributed by atoms with E-state index in [1.165, 1.54) is 12.0 Å². The zero-order chi connectivity index (χ0) is 23.2. The molecule has 8 heteroatoms. The number of hydrogen-bond acceptors (Lipinski definition) is 6. The monoisotopic (exact) mass is 447 g/mol. The molecular weight excluding hydrogens is 414 g/mol. The fraction of sp³-hybridized carbons (Fsp3) is 0.565. The zero-order valence-corrected chi connectivity index (χ0v) is 20.2. The van der Waals surface area contributed by atoms with Gasteiger partial charge in [0.15, 0.2) is 13.9 Å². The molecule has 1 amide bonds. The lowest BCUT2D eigenvalue weighted by Gasteiger charge is -2.53. The molecule has 2 fully saturated rings. The Morgan fingerprint density at radius 2 is 1.97 bits per heavy atom. The predicted octanol–water partition coefficient (Wildman–Crippen LogP) is 2.89. The molecule has 7 nitrogen and oxygen atoms in total. The molecule has 1 aromatic carbocycles. The fourth-order valence-electron chi connectivity index (χ4n) is 5.27. The van der Waals surface area contributed by atoms with Crippen LogP contribution in [0, 0.1) is 5.92 Å². The molecule has 0 bridgehead atoms. The van der Waals surface area contributed by atoms with Crippen LogP contribution in [0.3, 0.4) is 0 Å². The Balaban J connectivity index is 2.21. The first-order valence-corrected chi connectivity index (χ1v) is 13.6. The summed E-state index contributed by atoms with van der Waals surface area (Å²) in [6.45, 7) is 11.6. The van der Waals surface area contributed by atoms with E-state index in [4.69, 9.17) is 13.9 Å². The van der Waals surface area contributed by atoms with Crippen LogP contribution in [0.4, 0.5) is 0 Å². The number of amides is 1. The number of aliphatic hydroxyl groups is 1. The van der Waals surface area contributed by atoms with Crippen molar-refractivity contribution in [3.63, 3.8) is 0 Å². The van der Waals surface area contributed by atoms with Crippen LogP contribution in [0.15, 0.2) is 36.4 Å². The number of aliphatic hydroxyl groups excluding tert-OH is 1. The van der Waals surface area contributed by atoms with E-state index in [2.05, 4.69) is 19.7 Å². The first-order valence-electron chi connectivity index (χ1n) is 10.5. The van der Waals surface area contributed by atoms with Gasteiger partial charge in [-0.3, -0.25) is 4.79 Å². The lowest BCUT2D eigenvalue weighted by molar-refractivity contribution is -0.181. The standard InChI is InChI=1S/C23H33NO6Si/c1-15(2)19(25)23(21(27)29-5)22(3)18(12-13-31(6,7)30-22)20(26)24(23)14-16-8-10-17(28-4)11-9-16/h8-11,18-19,25H,1,12-14H2,2-7H3/t18-,19-,22-,23-/m0/s1. The molecule has 1 N–H and O–H groups in total. The minimum atomic E-state index is -2.18. The number of methoxy groups -OCH3 is 2. The van der Waals surface area contributed by atoms with Gasteiger partial charge in [-0.1, -0.05) is 18.7 Å². The first kappa shape index (κ1) is 23.5. The normalized spacial score (nSPS) is 30.5. The minimum absolute atomic E-state index is 0.125. The highest BCUT2D eigenvalue weighted by atomic mass is 28.4. The lowest BCUT2D eigenvalue weighted by atomic mass is 9.70. The van der Waals surface area contributed by atoms with Crippen molar-refractivity contribution in [2.45, 2.75) is 63.2 Å². The largest absolute Gasteiger partial charge is 0.497 e. The van der Waals surface area contributed by atoms with Crippen LogP contribution < -0.4 is 4.74 Å². The number of fused-ring (bicyclic) bond motifs is 1. The smallest absolute Gasteiger partial charge is 0.337 e. The summed E-state index contributed by atoms with van der Waals surface area (Å²) in [5.41, 5.74) is -1.81. The Labute approximate surface area is 185 Å². The maximum absolute atomic E-state index is 13.7. The molecule has 4 atom stereocenters. The number of benzene rings is 1. The molecule has 2 aliphatic heterocycles. The molecule has 0 aromatic heterocycles. The number of hydrogen-bond donors (Lipinski definition) is 1. The predicted molar refractivity (Wildman–Crippen MR) is 119 cm³/mol. The SMILES string of the molecule is C=C(C)[C@H](O)[C@@]1(C(=O)OC)N(Cc2ccc(OC)cc2)C(=O)[C@@H]2CC[Si](C)(C)O[C@@]21C. The maximum atomic E-state index is 13.7. The van der Waals surface area contributed by atoms with E-state index in [1.54, 1.807) is 33.1 Å². The molecule has 0 saturated carbocycles.